The van der Waals surface area contributed by atoms with E-state index in [1.54, 1.807) is 0 Å². The molecule has 2 aromatic carbocycles. The molecule has 0 nitrogen and oxygen atoms in total. The van der Waals surface area contributed by atoms with Crippen LogP contribution in [0.25, 0.3) is 5.57 Å². The average molecular weight is 274 g/mol. The molecule has 0 aromatic heterocycles. The van der Waals surface area contributed by atoms with Gasteiger partial charge in [-0.25, -0.2) is 0 Å². The van der Waals surface area contributed by atoms with E-state index in [1.165, 1.54) is 48.0 Å². The third-order valence-corrected chi connectivity index (χ3v) is 4.12. The highest BCUT2D eigenvalue weighted by Crippen LogP contribution is 2.42. The minimum absolute atomic E-state index is 0.785. The fourth-order valence-corrected chi connectivity index (χ4v) is 2.77. The van der Waals surface area contributed by atoms with Gasteiger partial charge in [-0.15, -0.1) is 5.73 Å². The summed E-state index contributed by atoms with van der Waals surface area (Å²) >= 11 is 0. The molecule has 0 amide bonds. The first-order valence-electron chi connectivity index (χ1n) is 7.99. The number of unbranched alkanes of at least 4 members (excludes halogenated alkanes) is 1. The van der Waals surface area contributed by atoms with E-state index < -0.39 is 0 Å². The predicted molar refractivity (Wildman–Crippen MR) is 90.1 cm³/mol. The maximum absolute atomic E-state index is 3.72. The van der Waals surface area contributed by atoms with E-state index in [9.17, 15) is 0 Å². The van der Waals surface area contributed by atoms with Crippen molar-refractivity contribution in [3.05, 3.63) is 83.1 Å². The van der Waals surface area contributed by atoms with Gasteiger partial charge in [0.1, 0.15) is 0 Å². The molecule has 0 heteroatoms. The zero-order chi connectivity index (χ0) is 14.5. The lowest BCUT2D eigenvalue weighted by Crippen LogP contribution is -1.85. The summed E-state index contributed by atoms with van der Waals surface area (Å²) in [7, 11) is 0. The Kier molecular flexibility index (Phi) is 4.38. The Balaban J connectivity index is 1.97. The molecule has 0 radical (unpaired) electrons. The molecule has 21 heavy (non-hydrogen) atoms. The molecule has 1 saturated carbocycles. The molecule has 1 atom stereocenters. The molecule has 0 spiro atoms. The average Bonchev–Trinajstić information content (AvgIpc) is 3.30. The van der Waals surface area contributed by atoms with E-state index in [-0.39, 0.29) is 0 Å². The van der Waals surface area contributed by atoms with Crippen LogP contribution in [0.3, 0.4) is 0 Å². The fraction of sp³-hybridized carbons (Fsp3) is 0.286. The summed E-state index contributed by atoms with van der Waals surface area (Å²) in [6.45, 7) is 2.26. The Morgan fingerprint density at radius 1 is 0.952 bits per heavy atom. The summed E-state index contributed by atoms with van der Waals surface area (Å²) in [5.41, 5.74) is 8.99. The van der Waals surface area contributed by atoms with E-state index in [2.05, 4.69) is 73.3 Å². The molecule has 0 N–H and O–H groups in total. The summed E-state index contributed by atoms with van der Waals surface area (Å²) in [5, 5.41) is 0. The van der Waals surface area contributed by atoms with Crippen molar-refractivity contribution in [1.82, 2.24) is 0 Å². The maximum Gasteiger partial charge on any atom is 0.0309 e. The number of allylic oxidation sites excluding steroid dienone is 1. The van der Waals surface area contributed by atoms with Crippen molar-refractivity contribution in [3.63, 3.8) is 0 Å². The van der Waals surface area contributed by atoms with Gasteiger partial charge in [0.15, 0.2) is 0 Å². The Bertz CT molecular complexity index is 601. The van der Waals surface area contributed by atoms with Gasteiger partial charge in [0.2, 0.25) is 0 Å². The van der Waals surface area contributed by atoms with Crippen LogP contribution in [0.15, 0.2) is 72.0 Å². The lowest BCUT2D eigenvalue weighted by molar-refractivity contribution is 0.669. The van der Waals surface area contributed by atoms with E-state index in [0.29, 0.717) is 0 Å². The Labute approximate surface area is 127 Å². The van der Waals surface area contributed by atoms with Crippen LogP contribution in [0.1, 0.15) is 43.7 Å². The minimum atomic E-state index is 0.785. The smallest absolute Gasteiger partial charge is 0.0309 e. The van der Waals surface area contributed by atoms with Gasteiger partial charge in [-0.1, -0.05) is 80.4 Å². The summed E-state index contributed by atoms with van der Waals surface area (Å²) in [5.74, 6) is 0.785. The van der Waals surface area contributed by atoms with Crippen molar-refractivity contribution in [3.8, 4) is 0 Å². The second kappa shape index (κ2) is 6.61. The summed E-state index contributed by atoms with van der Waals surface area (Å²) in [4.78, 5) is 0. The van der Waals surface area contributed by atoms with Gasteiger partial charge < -0.3 is 0 Å². The van der Waals surface area contributed by atoms with Crippen LogP contribution in [0.5, 0.6) is 0 Å². The molecule has 2 aromatic rings. The van der Waals surface area contributed by atoms with E-state index in [1.807, 2.05) is 0 Å². The summed E-state index contributed by atoms with van der Waals surface area (Å²) < 4.78 is 0. The van der Waals surface area contributed by atoms with Crippen LogP contribution in [0.2, 0.25) is 0 Å². The second-order valence-corrected chi connectivity index (χ2v) is 5.80. The zero-order valence-corrected chi connectivity index (χ0v) is 12.7. The van der Waals surface area contributed by atoms with Crippen molar-refractivity contribution in [1.29, 1.82) is 0 Å². The van der Waals surface area contributed by atoms with Gasteiger partial charge in [0, 0.05) is 5.57 Å². The van der Waals surface area contributed by atoms with Crippen molar-refractivity contribution in [2.75, 3.05) is 0 Å². The lowest BCUT2D eigenvalue weighted by atomic mass is 9.98. The van der Waals surface area contributed by atoms with E-state index in [0.717, 1.165) is 5.92 Å². The zero-order valence-electron chi connectivity index (χ0n) is 12.7. The third kappa shape index (κ3) is 3.54. The lowest BCUT2D eigenvalue weighted by Gasteiger charge is -2.05. The maximum atomic E-state index is 3.72. The molecule has 1 unspecified atom stereocenters. The summed E-state index contributed by atoms with van der Waals surface area (Å²) in [6, 6.07) is 21.3. The van der Waals surface area contributed by atoms with Crippen molar-refractivity contribution in [2.45, 2.75) is 32.6 Å². The highest BCUT2D eigenvalue weighted by molar-refractivity contribution is 5.79. The molecule has 0 bridgehead atoms. The Morgan fingerprint density at radius 3 is 2.05 bits per heavy atom. The van der Waals surface area contributed by atoms with Gasteiger partial charge in [-0.3, -0.25) is 0 Å². The molecule has 1 aliphatic rings. The molecule has 106 valence electrons. The highest BCUT2D eigenvalue weighted by Gasteiger charge is 2.28. The Hall–Kier alpha value is -2.04. The second-order valence-electron chi connectivity index (χ2n) is 5.80. The van der Waals surface area contributed by atoms with Gasteiger partial charge in [-0.2, -0.15) is 0 Å². The molecule has 0 aliphatic heterocycles. The molecule has 1 aliphatic carbocycles. The number of rotatable bonds is 5. The van der Waals surface area contributed by atoms with Crippen LogP contribution in [0, 0.1) is 5.92 Å². The number of benzene rings is 2. The first kappa shape index (κ1) is 13.9. The third-order valence-electron chi connectivity index (χ3n) is 4.12. The van der Waals surface area contributed by atoms with E-state index in [4.69, 9.17) is 0 Å². The van der Waals surface area contributed by atoms with Crippen molar-refractivity contribution in [2.24, 2.45) is 5.92 Å². The van der Waals surface area contributed by atoms with Crippen LogP contribution in [-0.2, 0) is 0 Å². The molecule has 0 saturated heterocycles. The first-order chi connectivity index (χ1) is 10.4. The normalized spacial score (nSPS) is 16.4. The highest BCUT2D eigenvalue weighted by atomic mass is 14.3. The molecule has 0 heterocycles. The molecule has 1 fully saturated rings. The molecular formula is C21H22. The van der Waals surface area contributed by atoms with Crippen LogP contribution in [-0.4, -0.2) is 0 Å². The quantitative estimate of drug-likeness (QED) is 0.600. The van der Waals surface area contributed by atoms with Crippen molar-refractivity contribution >= 4 is 5.57 Å². The number of hydrogen-bond acceptors (Lipinski definition) is 0. The molecular weight excluding hydrogens is 252 g/mol. The van der Waals surface area contributed by atoms with Gasteiger partial charge in [-0.05, 0) is 35.5 Å². The SMILES string of the molecule is CCCCC1CC1=C=C(c1ccccc1)c1ccccc1. The largest absolute Gasteiger partial charge is 0.112 e. The Morgan fingerprint density at radius 2 is 1.52 bits per heavy atom. The molecule has 3 rings (SSSR count). The standard InChI is InChI=1S/C21H22/c1-2-3-10-19-15-20(19)16-21(17-11-6-4-7-12-17)18-13-8-5-9-14-18/h4-9,11-14,19H,2-3,10,15H2,1H3. The van der Waals surface area contributed by atoms with Crippen LogP contribution >= 0.6 is 0 Å². The van der Waals surface area contributed by atoms with Crippen molar-refractivity contribution < 1.29 is 0 Å². The monoisotopic (exact) mass is 274 g/mol. The fourth-order valence-electron chi connectivity index (χ4n) is 2.77. The van der Waals surface area contributed by atoms with Crippen LogP contribution in [0.4, 0.5) is 0 Å². The van der Waals surface area contributed by atoms with E-state index >= 15 is 0 Å². The van der Waals surface area contributed by atoms with Gasteiger partial charge in [0.05, 0.1) is 0 Å². The first-order valence-corrected chi connectivity index (χ1v) is 7.99. The summed E-state index contributed by atoms with van der Waals surface area (Å²) in [6.07, 6.45) is 5.19. The van der Waals surface area contributed by atoms with Gasteiger partial charge in [0.25, 0.3) is 0 Å². The van der Waals surface area contributed by atoms with Gasteiger partial charge >= 0.3 is 0 Å². The number of hydrogen-bond donors (Lipinski definition) is 0. The van der Waals surface area contributed by atoms with Crippen LogP contribution < -0.4 is 0 Å². The minimum Gasteiger partial charge on any atom is -0.112 e. The topological polar surface area (TPSA) is 0 Å². The predicted octanol–water partition coefficient (Wildman–Crippen LogP) is 5.85.